The molecule has 3 N–H and O–H groups in total. The molecule has 0 amide bonds. The monoisotopic (exact) mass is 378 g/mol. The summed E-state index contributed by atoms with van der Waals surface area (Å²) in [5.41, 5.74) is 3.31. The minimum absolute atomic E-state index is 0.0872. The van der Waals surface area contributed by atoms with E-state index in [1.165, 1.54) is 12.1 Å². The van der Waals surface area contributed by atoms with Crippen LogP contribution < -0.4 is 10.5 Å². The number of aromatic nitrogens is 1. The van der Waals surface area contributed by atoms with Gasteiger partial charge in [0.05, 0.1) is 10.5 Å². The number of primary sulfonamides is 1. The fourth-order valence-corrected chi connectivity index (χ4v) is 3.17. The Morgan fingerprint density at radius 3 is 2.37 bits per heavy atom. The molecule has 0 spiro atoms. The van der Waals surface area contributed by atoms with Crippen molar-refractivity contribution in [3.63, 3.8) is 0 Å². The number of sulfonamides is 1. The lowest BCUT2D eigenvalue weighted by atomic mass is 10.1. The number of benzene rings is 2. The molecule has 0 bridgehead atoms. The standard InChI is InChI=1S/C20H18N4O2S/c21-13-17-12-18(16-4-2-1-3-5-16)14-24-20(17)23-11-10-15-6-8-19(9-7-15)27(22,25)26/h1-9,12,14H,10-11H2,(H,23,24)(H2,22,25,26). The van der Waals surface area contributed by atoms with Crippen molar-refractivity contribution < 1.29 is 8.42 Å². The van der Waals surface area contributed by atoms with Crippen LogP contribution in [0.25, 0.3) is 11.1 Å². The minimum atomic E-state index is -3.68. The predicted molar refractivity (Wildman–Crippen MR) is 104 cm³/mol. The van der Waals surface area contributed by atoms with E-state index in [1.54, 1.807) is 18.3 Å². The number of hydrogen-bond acceptors (Lipinski definition) is 5. The van der Waals surface area contributed by atoms with Crippen molar-refractivity contribution in [1.29, 1.82) is 5.26 Å². The first-order valence-electron chi connectivity index (χ1n) is 8.28. The van der Waals surface area contributed by atoms with Crippen molar-refractivity contribution in [2.45, 2.75) is 11.3 Å². The molecule has 0 aliphatic heterocycles. The van der Waals surface area contributed by atoms with Gasteiger partial charge in [0, 0.05) is 18.3 Å². The summed E-state index contributed by atoms with van der Waals surface area (Å²) in [6, 6.07) is 20.1. The van der Waals surface area contributed by atoms with Gasteiger partial charge in [-0.25, -0.2) is 18.5 Å². The average molecular weight is 378 g/mol. The molecular weight excluding hydrogens is 360 g/mol. The van der Waals surface area contributed by atoms with Crippen LogP contribution in [0.4, 0.5) is 5.82 Å². The van der Waals surface area contributed by atoms with Gasteiger partial charge in [-0.05, 0) is 35.7 Å². The minimum Gasteiger partial charge on any atom is -0.369 e. The molecule has 0 fully saturated rings. The van der Waals surface area contributed by atoms with Gasteiger partial charge in [-0.3, -0.25) is 0 Å². The third-order valence-corrected chi connectivity index (χ3v) is 5.00. The quantitative estimate of drug-likeness (QED) is 0.685. The van der Waals surface area contributed by atoms with Crippen molar-refractivity contribution in [2.75, 3.05) is 11.9 Å². The lowest BCUT2D eigenvalue weighted by Gasteiger charge is -2.09. The van der Waals surface area contributed by atoms with Crippen LogP contribution in [-0.2, 0) is 16.4 Å². The summed E-state index contributed by atoms with van der Waals surface area (Å²) >= 11 is 0. The molecule has 0 saturated heterocycles. The Labute approximate surface area is 158 Å². The van der Waals surface area contributed by atoms with E-state index >= 15 is 0 Å². The van der Waals surface area contributed by atoms with E-state index in [9.17, 15) is 13.7 Å². The number of anilines is 1. The summed E-state index contributed by atoms with van der Waals surface area (Å²) in [6.07, 6.45) is 2.39. The Morgan fingerprint density at radius 2 is 1.74 bits per heavy atom. The maximum absolute atomic E-state index is 11.3. The SMILES string of the molecule is N#Cc1cc(-c2ccccc2)cnc1NCCc1ccc(S(N)(=O)=O)cc1. The highest BCUT2D eigenvalue weighted by atomic mass is 32.2. The maximum atomic E-state index is 11.3. The number of pyridine rings is 1. The number of nitriles is 1. The van der Waals surface area contributed by atoms with Gasteiger partial charge in [0.1, 0.15) is 11.9 Å². The third-order valence-electron chi connectivity index (χ3n) is 4.07. The normalized spacial score (nSPS) is 11.0. The second-order valence-electron chi connectivity index (χ2n) is 5.96. The molecule has 1 aromatic heterocycles. The van der Waals surface area contributed by atoms with Gasteiger partial charge >= 0.3 is 0 Å². The van der Waals surface area contributed by atoms with Crippen LogP contribution in [0, 0.1) is 11.3 Å². The highest BCUT2D eigenvalue weighted by Crippen LogP contribution is 2.22. The first-order valence-corrected chi connectivity index (χ1v) is 9.83. The van der Waals surface area contributed by atoms with Gasteiger partial charge in [0.15, 0.2) is 0 Å². The number of hydrogen-bond donors (Lipinski definition) is 2. The molecule has 0 aliphatic carbocycles. The summed E-state index contributed by atoms with van der Waals surface area (Å²) in [5, 5.41) is 17.7. The summed E-state index contributed by atoms with van der Waals surface area (Å²) in [5.74, 6) is 0.526. The Morgan fingerprint density at radius 1 is 1.04 bits per heavy atom. The average Bonchev–Trinajstić information content (AvgIpc) is 2.68. The molecule has 0 radical (unpaired) electrons. The molecule has 7 heteroatoms. The largest absolute Gasteiger partial charge is 0.369 e. The number of nitrogens with one attached hydrogen (secondary N) is 1. The summed E-state index contributed by atoms with van der Waals surface area (Å²) < 4.78 is 22.5. The van der Waals surface area contributed by atoms with Crippen LogP contribution in [0.2, 0.25) is 0 Å². The van der Waals surface area contributed by atoms with Gasteiger partial charge < -0.3 is 5.32 Å². The predicted octanol–water partition coefficient (Wildman–Crippen LogP) is 2.92. The van der Waals surface area contributed by atoms with E-state index in [1.807, 2.05) is 36.4 Å². The van der Waals surface area contributed by atoms with Gasteiger partial charge in [-0.15, -0.1) is 0 Å². The van der Waals surface area contributed by atoms with E-state index in [4.69, 9.17) is 5.14 Å². The lowest BCUT2D eigenvalue weighted by molar-refractivity contribution is 0.598. The van der Waals surface area contributed by atoms with Gasteiger partial charge in [-0.1, -0.05) is 42.5 Å². The molecule has 3 aromatic rings. The van der Waals surface area contributed by atoms with Crippen molar-refractivity contribution in [3.05, 3.63) is 78.0 Å². The van der Waals surface area contributed by atoms with E-state index in [2.05, 4.69) is 16.4 Å². The molecule has 6 nitrogen and oxygen atoms in total. The molecule has 2 aromatic carbocycles. The molecule has 3 rings (SSSR count). The summed E-state index contributed by atoms with van der Waals surface area (Å²) in [6.45, 7) is 0.557. The Bertz CT molecular complexity index is 1070. The van der Waals surface area contributed by atoms with Crippen LogP contribution in [0.15, 0.2) is 71.8 Å². The fraction of sp³-hybridized carbons (Fsp3) is 0.100. The van der Waals surface area contributed by atoms with E-state index < -0.39 is 10.0 Å². The maximum Gasteiger partial charge on any atom is 0.238 e. The van der Waals surface area contributed by atoms with Crippen LogP contribution in [0.3, 0.4) is 0 Å². The van der Waals surface area contributed by atoms with Crippen molar-refractivity contribution in [1.82, 2.24) is 4.98 Å². The molecule has 1 heterocycles. The summed E-state index contributed by atoms with van der Waals surface area (Å²) in [4.78, 5) is 4.46. The molecular formula is C20H18N4O2S. The molecule has 0 saturated carbocycles. The lowest BCUT2D eigenvalue weighted by Crippen LogP contribution is -2.12. The highest BCUT2D eigenvalue weighted by molar-refractivity contribution is 7.89. The van der Waals surface area contributed by atoms with Crippen LogP contribution in [0.5, 0.6) is 0 Å². The second kappa shape index (κ2) is 7.99. The number of nitrogens with two attached hydrogens (primary N) is 1. The first-order chi connectivity index (χ1) is 13.0. The van der Waals surface area contributed by atoms with Crippen molar-refractivity contribution in [2.24, 2.45) is 5.14 Å². The van der Waals surface area contributed by atoms with Gasteiger partial charge in [0.25, 0.3) is 0 Å². The Balaban J connectivity index is 1.67. The zero-order chi connectivity index (χ0) is 19.3. The zero-order valence-electron chi connectivity index (χ0n) is 14.5. The second-order valence-corrected chi connectivity index (χ2v) is 7.53. The molecule has 0 atom stereocenters. The van der Waals surface area contributed by atoms with Crippen LogP contribution in [-0.4, -0.2) is 19.9 Å². The number of rotatable bonds is 6. The topological polar surface area (TPSA) is 109 Å². The highest BCUT2D eigenvalue weighted by Gasteiger charge is 2.08. The Hall–Kier alpha value is -3.21. The van der Waals surface area contributed by atoms with Crippen molar-refractivity contribution in [3.8, 4) is 17.2 Å². The third kappa shape index (κ3) is 4.70. The molecule has 0 aliphatic rings. The smallest absolute Gasteiger partial charge is 0.238 e. The molecule has 0 unspecified atom stereocenters. The zero-order valence-corrected chi connectivity index (χ0v) is 15.3. The van der Waals surface area contributed by atoms with E-state index in [0.29, 0.717) is 24.3 Å². The van der Waals surface area contributed by atoms with Crippen LogP contribution in [0.1, 0.15) is 11.1 Å². The van der Waals surface area contributed by atoms with Crippen LogP contribution >= 0.6 is 0 Å². The molecule has 136 valence electrons. The van der Waals surface area contributed by atoms with E-state index in [0.717, 1.165) is 16.7 Å². The van der Waals surface area contributed by atoms with Crippen molar-refractivity contribution >= 4 is 15.8 Å². The first kappa shape index (κ1) is 18.6. The summed E-state index contributed by atoms with van der Waals surface area (Å²) in [7, 11) is -3.68. The van der Waals surface area contributed by atoms with Gasteiger partial charge in [-0.2, -0.15) is 5.26 Å². The van der Waals surface area contributed by atoms with Gasteiger partial charge in [0.2, 0.25) is 10.0 Å². The molecule has 27 heavy (non-hydrogen) atoms. The number of nitrogens with zero attached hydrogens (tertiary/aromatic N) is 2. The Kier molecular flexibility index (Phi) is 5.50. The van der Waals surface area contributed by atoms with E-state index in [-0.39, 0.29) is 4.90 Å². The fourth-order valence-electron chi connectivity index (χ4n) is 2.65.